The van der Waals surface area contributed by atoms with Crippen LogP contribution in [0.4, 0.5) is 11.6 Å². The van der Waals surface area contributed by atoms with Crippen molar-refractivity contribution in [1.29, 1.82) is 0 Å². The molecule has 8 nitrogen and oxygen atoms in total. The van der Waals surface area contributed by atoms with E-state index in [0.717, 1.165) is 16.9 Å². The molecule has 32 heavy (non-hydrogen) atoms. The Labute approximate surface area is 195 Å². The van der Waals surface area contributed by atoms with Crippen LogP contribution in [0.25, 0.3) is 5.65 Å². The third kappa shape index (κ3) is 3.66. The Balaban J connectivity index is 1.41. The van der Waals surface area contributed by atoms with Crippen LogP contribution in [0.15, 0.2) is 30.7 Å². The molecule has 0 unspecified atom stereocenters. The molecule has 2 aliphatic heterocycles. The largest absolute Gasteiger partial charge is 0.382 e. The van der Waals surface area contributed by atoms with Gasteiger partial charge in [-0.1, -0.05) is 23.2 Å². The molecule has 0 aliphatic carbocycles. The van der Waals surface area contributed by atoms with Gasteiger partial charge in [0.2, 0.25) is 0 Å². The number of morpholine rings is 1. The molecule has 1 saturated heterocycles. The summed E-state index contributed by atoms with van der Waals surface area (Å²) in [4.78, 5) is 26.1. The SMILES string of the molecule is C[C@@H]1CN(c2cncc3nc(N)cn23)C[C@H](C(=O)N2CCc3cc(Cl)cc(Cl)c3[C@@H]2C)O1. The van der Waals surface area contributed by atoms with Crippen molar-refractivity contribution in [3.05, 3.63) is 51.9 Å². The maximum absolute atomic E-state index is 13.6. The highest BCUT2D eigenvalue weighted by Crippen LogP contribution is 2.37. The lowest BCUT2D eigenvalue weighted by atomic mass is 9.93. The third-order valence-corrected chi connectivity index (χ3v) is 6.74. The molecule has 10 heteroatoms. The number of rotatable bonds is 2. The molecule has 2 N–H and O–H groups in total. The van der Waals surface area contributed by atoms with Crippen LogP contribution in [-0.4, -0.2) is 57.0 Å². The van der Waals surface area contributed by atoms with Crippen LogP contribution in [0.1, 0.15) is 31.0 Å². The Hall–Kier alpha value is -2.55. The second-order valence-corrected chi connectivity index (χ2v) is 9.26. The van der Waals surface area contributed by atoms with Crippen LogP contribution < -0.4 is 10.6 Å². The molecular weight excluding hydrogens is 451 g/mol. The minimum Gasteiger partial charge on any atom is -0.382 e. The van der Waals surface area contributed by atoms with Crippen molar-refractivity contribution in [1.82, 2.24) is 19.3 Å². The highest BCUT2D eigenvalue weighted by atomic mass is 35.5. The van der Waals surface area contributed by atoms with E-state index in [9.17, 15) is 4.79 Å². The summed E-state index contributed by atoms with van der Waals surface area (Å²) in [7, 11) is 0. The van der Waals surface area contributed by atoms with Crippen molar-refractivity contribution in [3.8, 4) is 0 Å². The molecule has 1 fully saturated rings. The molecule has 1 amide bonds. The molecule has 5 rings (SSSR count). The minimum absolute atomic E-state index is 0.0454. The number of nitrogen functional groups attached to an aromatic ring is 1. The van der Waals surface area contributed by atoms with E-state index >= 15 is 0 Å². The van der Waals surface area contributed by atoms with Gasteiger partial charge in [0.15, 0.2) is 11.8 Å². The fourth-order valence-corrected chi connectivity index (χ4v) is 5.51. The minimum atomic E-state index is -0.607. The first-order valence-corrected chi connectivity index (χ1v) is 11.3. The standard InChI is InChI=1S/C22H24Cl2N6O2/c1-12-9-28(20-8-26-7-19-27-18(25)11-30(19)20)10-17(32-12)22(31)29-4-3-14-5-15(23)6-16(24)21(14)13(29)2/h5-8,11-13,17H,3-4,9-10,25H2,1-2H3/t12-,13+,17-/m1/s1. The molecule has 1 aromatic carbocycles. The zero-order chi connectivity index (χ0) is 22.6. The number of nitrogens with two attached hydrogens (primary N) is 1. The van der Waals surface area contributed by atoms with E-state index in [4.69, 9.17) is 33.7 Å². The van der Waals surface area contributed by atoms with Crippen LogP contribution in [0.2, 0.25) is 10.0 Å². The summed E-state index contributed by atoms with van der Waals surface area (Å²) in [6.07, 6.45) is 5.15. The number of imidazole rings is 1. The number of amides is 1. The average Bonchev–Trinajstić information content (AvgIpc) is 3.12. The molecule has 4 heterocycles. The van der Waals surface area contributed by atoms with E-state index in [-0.39, 0.29) is 18.1 Å². The number of anilines is 2. The maximum Gasteiger partial charge on any atom is 0.254 e. The number of carbonyl (C=O) groups is 1. The van der Waals surface area contributed by atoms with Crippen LogP contribution in [-0.2, 0) is 16.0 Å². The van der Waals surface area contributed by atoms with Gasteiger partial charge < -0.3 is 20.3 Å². The Morgan fingerprint density at radius 3 is 2.84 bits per heavy atom. The summed E-state index contributed by atoms with van der Waals surface area (Å²) in [5.74, 6) is 1.20. The van der Waals surface area contributed by atoms with Crippen molar-refractivity contribution >= 4 is 46.4 Å². The molecular formula is C22H24Cl2N6O2. The Morgan fingerprint density at radius 1 is 1.22 bits per heavy atom. The number of ether oxygens (including phenoxy) is 1. The summed E-state index contributed by atoms with van der Waals surface area (Å²) in [6.45, 7) is 5.60. The number of fused-ring (bicyclic) bond motifs is 2. The number of nitrogens with zero attached hydrogens (tertiary/aromatic N) is 5. The van der Waals surface area contributed by atoms with Crippen molar-refractivity contribution in [2.45, 2.75) is 38.5 Å². The molecule has 0 radical (unpaired) electrons. The van der Waals surface area contributed by atoms with E-state index < -0.39 is 6.10 Å². The molecule has 0 saturated carbocycles. The van der Waals surface area contributed by atoms with Gasteiger partial charge in [0.25, 0.3) is 5.91 Å². The summed E-state index contributed by atoms with van der Waals surface area (Å²) in [5.41, 5.74) is 8.60. The summed E-state index contributed by atoms with van der Waals surface area (Å²) >= 11 is 12.7. The monoisotopic (exact) mass is 474 g/mol. The van der Waals surface area contributed by atoms with Gasteiger partial charge in [0.05, 0.1) is 37.3 Å². The van der Waals surface area contributed by atoms with E-state index in [0.29, 0.717) is 47.6 Å². The van der Waals surface area contributed by atoms with E-state index in [1.165, 1.54) is 0 Å². The van der Waals surface area contributed by atoms with Gasteiger partial charge in [-0.25, -0.2) is 4.98 Å². The van der Waals surface area contributed by atoms with Gasteiger partial charge in [-0.05, 0) is 43.5 Å². The zero-order valence-corrected chi connectivity index (χ0v) is 19.3. The zero-order valence-electron chi connectivity index (χ0n) is 17.8. The number of aromatic nitrogens is 3. The predicted octanol–water partition coefficient (Wildman–Crippen LogP) is 3.36. The molecule has 2 aliphatic rings. The first kappa shape index (κ1) is 21.3. The van der Waals surface area contributed by atoms with Crippen molar-refractivity contribution in [2.24, 2.45) is 0 Å². The lowest BCUT2D eigenvalue weighted by molar-refractivity contribution is -0.151. The molecule has 3 aromatic rings. The number of hydrogen-bond acceptors (Lipinski definition) is 6. The first-order valence-electron chi connectivity index (χ1n) is 10.6. The Kier molecular flexibility index (Phi) is 5.39. The second-order valence-electron chi connectivity index (χ2n) is 8.42. The second kappa shape index (κ2) is 8.10. The molecule has 0 bridgehead atoms. The average molecular weight is 475 g/mol. The van der Waals surface area contributed by atoms with E-state index in [2.05, 4.69) is 14.9 Å². The van der Waals surface area contributed by atoms with Gasteiger partial charge in [-0.3, -0.25) is 14.2 Å². The molecule has 168 valence electrons. The van der Waals surface area contributed by atoms with Crippen LogP contribution in [0.5, 0.6) is 0 Å². The maximum atomic E-state index is 13.6. The summed E-state index contributed by atoms with van der Waals surface area (Å²) in [5, 5.41) is 1.20. The Morgan fingerprint density at radius 2 is 2.03 bits per heavy atom. The fourth-order valence-electron chi connectivity index (χ4n) is 4.82. The fraction of sp³-hybridized carbons (Fsp3) is 0.409. The van der Waals surface area contributed by atoms with Crippen LogP contribution >= 0.6 is 23.2 Å². The van der Waals surface area contributed by atoms with E-state index in [1.54, 1.807) is 24.7 Å². The summed E-state index contributed by atoms with van der Waals surface area (Å²) < 4.78 is 7.99. The highest BCUT2D eigenvalue weighted by Gasteiger charge is 2.38. The predicted molar refractivity (Wildman–Crippen MR) is 124 cm³/mol. The van der Waals surface area contributed by atoms with Crippen LogP contribution in [0, 0.1) is 0 Å². The third-order valence-electron chi connectivity index (χ3n) is 6.21. The van der Waals surface area contributed by atoms with Gasteiger partial charge in [-0.2, -0.15) is 0 Å². The topological polar surface area (TPSA) is 89.0 Å². The van der Waals surface area contributed by atoms with Gasteiger partial charge in [0, 0.05) is 23.1 Å². The number of carbonyl (C=O) groups excluding carboxylic acids is 1. The first-order chi connectivity index (χ1) is 15.3. The molecule has 0 spiro atoms. The quantitative estimate of drug-likeness (QED) is 0.612. The number of halogens is 2. The smallest absolute Gasteiger partial charge is 0.254 e. The van der Waals surface area contributed by atoms with Crippen molar-refractivity contribution in [3.63, 3.8) is 0 Å². The van der Waals surface area contributed by atoms with E-state index in [1.807, 2.05) is 29.2 Å². The normalized spacial score (nSPS) is 23.4. The summed E-state index contributed by atoms with van der Waals surface area (Å²) in [6, 6.07) is 3.51. The van der Waals surface area contributed by atoms with Crippen LogP contribution in [0.3, 0.4) is 0 Å². The van der Waals surface area contributed by atoms with Gasteiger partial charge >= 0.3 is 0 Å². The van der Waals surface area contributed by atoms with Gasteiger partial charge in [0.1, 0.15) is 11.6 Å². The van der Waals surface area contributed by atoms with Gasteiger partial charge in [-0.15, -0.1) is 0 Å². The highest BCUT2D eigenvalue weighted by molar-refractivity contribution is 6.35. The molecule has 3 atom stereocenters. The molecule has 2 aromatic heterocycles. The lowest BCUT2D eigenvalue weighted by Crippen LogP contribution is -2.55. The Bertz CT molecular complexity index is 1200. The van der Waals surface area contributed by atoms with Crippen molar-refractivity contribution < 1.29 is 9.53 Å². The number of hydrogen-bond donors (Lipinski definition) is 1. The lowest BCUT2D eigenvalue weighted by Gasteiger charge is -2.42. The van der Waals surface area contributed by atoms with Crippen molar-refractivity contribution in [2.75, 3.05) is 30.3 Å². The number of benzene rings is 1.